The number of nitrogens with two attached hydrogens (primary N) is 1. The molecule has 4 N–H and O–H groups in total. The molecule has 0 bridgehead atoms. The summed E-state index contributed by atoms with van der Waals surface area (Å²) in [6, 6.07) is 2.48. The Morgan fingerprint density at radius 1 is 1.35 bits per heavy atom. The van der Waals surface area contributed by atoms with Crippen LogP contribution in [0.3, 0.4) is 0 Å². The predicted octanol–water partition coefficient (Wildman–Crippen LogP) is 3.09. The molecular formula is C16H21F2N3OS. The Bertz CT molecular complexity index is 648. The largest absolute Gasteiger partial charge is 0.395 e. The lowest BCUT2D eigenvalue weighted by molar-refractivity contribution is 0.217. The molecule has 2 atom stereocenters. The molecular weight excluding hydrogens is 320 g/mol. The first-order valence-corrected chi connectivity index (χ1v) is 8.25. The van der Waals surface area contributed by atoms with Crippen molar-refractivity contribution < 1.29 is 13.9 Å². The summed E-state index contributed by atoms with van der Waals surface area (Å²) in [7, 11) is 0. The van der Waals surface area contributed by atoms with Crippen LogP contribution in [0, 0.1) is 17.6 Å². The van der Waals surface area contributed by atoms with E-state index in [-0.39, 0.29) is 18.2 Å². The Morgan fingerprint density at radius 2 is 2.09 bits per heavy atom. The van der Waals surface area contributed by atoms with E-state index < -0.39 is 17.7 Å². The minimum Gasteiger partial charge on any atom is -0.395 e. The number of aliphatic hydroxyl groups is 1. The molecule has 0 aliphatic carbocycles. The van der Waals surface area contributed by atoms with Crippen molar-refractivity contribution >= 4 is 16.5 Å². The average molecular weight is 341 g/mol. The predicted molar refractivity (Wildman–Crippen MR) is 88.2 cm³/mol. The maximum absolute atomic E-state index is 14.2. The molecule has 126 valence electrons. The molecule has 0 amide bonds. The molecule has 0 saturated heterocycles. The summed E-state index contributed by atoms with van der Waals surface area (Å²) >= 11 is 1.21. The Hall–Kier alpha value is -1.57. The van der Waals surface area contributed by atoms with Gasteiger partial charge in [0.2, 0.25) is 0 Å². The van der Waals surface area contributed by atoms with Crippen molar-refractivity contribution in [2.24, 2.45) is 5.92 Å². The summed E-state index contributed by atoms with van der Waals surface area (Å²) in [5.41, 5.74) is 5.85. The van der Waals surface area contributed by atoms with E-state index in [1.807, 2.05) is 13.8 Å². The fourth-order valence-electron chi connectivity index (χ4n) is 2.50. The number of rotatable bonds is 7. The van der Waals surface area contributed by atoms with Gasteiger partial charge in [0.05, 0.1) is 12.6 Å². The number of benzene rings is 1. The van der Waals surface area contributed by atoms with Crippen molar-refractivity contribution in [3.63, 3.8) is 0 Å². The second kappa shape index (κ2) is 7.81. The number of aromatic nitrogens is 1. The number of nitrogens with zero attached hydrogens (tertiary/aromatic N) is 1. The number of nitrogen functional groups attached to an aromatic ring is 1. The van der Waals surface area contributed by atoms with Gasteiger partial charge in [0, 0.05) is 22.7 Å². The highest BCUT2D eigenvalue weighted by Crippen LogP contribution is 2.31. The number of hydrogen-bond donors (Lipinski definition) is 3. The first kappa shape index (κ1) is 17.8. The van der Waals surface area contributed by atoms with Gasteiger partial charge >= 0.3 is 0 Å². The molecule has 2 aromatic rings. The van der Waals surface area contributed by atoms with E-state index in [0.29, 0.717) is 22.3 Å². The fraction of sp³-hybridized carbons (Fsp3) is 0.438. The summed E-state index contributed by atoms with van der Waals surface area (Å²) in [5, 5.41) is 13.1. The number of thiazole rings is 1. The van der Waals surface area contributed by atoms with E-state index in [9.17, 15) is 13.9 Å². The molecule has 0 aliphatic rings. The highest BCUT2D eigenvalue weighted by Gasteiger charge is 2.24. The van der Waals surface area contributed by atoms with Gasteiger partial charge in [0.25, 0.3) is 0 Å². The van der Waals surface area contributed by atoms with Crippen LogP contribution in [0.25, 0.3) is 0 Å². The zero-order chi connectivity index (χ0) is 17.0. The van der Waals surface area contributed by atoms with Crippen molar-refractivity contribution in [3.8, 4) is 0 Å². The SMILES string of the molecule is CC(C)C[C@H](CO)NC(c1cnc(N)s1)c1cc(F)ccc1F. The first-order chi connectivity index (χ1) is 10.9. The van der Waals surface area contributed by atoms with Crippen molar-refractivity contribution in [3.05, 3.63) is 46.5 Å². The third-order valence-electron chi connectivity index (χ3n) is 3.47. The molecule has 23 heavy (non-hydrogen) atoms. The minimum absolute atomic E-state index is 0.0973. The highest BCUT2D eigenvalue weighted by atomic mass is 32.1. The van der Waals surface area contributed by atoms with Crippen LogP contribution in [-0.4, -0.2) is 22.7 Å². The molecule has 0 saturated carbocycles. The van der Waals surface area contributed by atoms with Crippen molar-refractivity contribution in [2.75, 3.05) is 12.3 Å². The van der Waals surface area contributed by atoms with Crippen LogP contribution in [0.5, 0.6) is 0 Å². The van der Waals surface area contributed by atoms with Crippen molar-refractivity contribution in [1.29, 1.82) is 0 Å². The fourth-order valence-corrected chi connectivity index (χ4v) is 3.26. The van der Waals surface area contributed by atoms with Crippen LogP contribution in [0.4, 0.5) is 13.9 Å². The van der Waals surface area contributed by atoms with Gasteiger partial charge in [-0.25, -0.2) is 13.8 Å². The Morgan fingerprint density at radius 3 is 2.65 bits per heavy atom. The van der Waals surface area contributed by atoms with E-state index >= 15 is 0 Å². The molecule has 2 rings (SSSR count). The van der Waals surface area contributed by atoms with Crippen LogP contribution in [-0.2, 0) is 0 Å². The van der Waals surface area contributed by atoms with Crippen LogP contribution >= 0.6 is 11.3 Å². The second-order valence-corrected chi connectivity index (χ2v) is 6.97. The Labute approximate surface area is 138 Å². The van der Waals surface area contributed by atoms with Gasteiger partial charge in [0.15, 0.2) is 5.13 Å². The van der Waals surface area contributed by atoms with E-state index in [1.54, 1.807) is 6.20 Å². The van der Waals surface area contributed by atoms with Gasteiger partial charge < -0.3 is 16.2 Å². The van der Waals surface area contributed by atoms with Crippen LogP contribution < -0.4 is 11.1 Å². The molecule has 4 nitrogen and oxygen atoms in total. The standard InChI is InChI=1S/C16H21F2N3OS/c1-9(2)5-11(8-22)21-15(14-7-20-16(19)23-14)12-6-10(17)3-4-13(12)18/h3-4,6-7,9,11,15,21-22H,5,8H2,1-2H3,(H2,19,20)/t11-,15?/m1/s1. The highest BCUT2D eigenvalue weighted by molar-refractivity contribution is 7.15. The molecule has 0 spiro atoms. The molecule has 0 fully saturated rings. The van der Waals surface area contributed by atoms with E-state index in [4.69, 9.17) is 5.73 Å². The van der Waals surface area contributed by atoms with Gasteiger partial charge in [-0.15, -0.1) is 11.3 Å². The first-order valence-electron chi connectivity index (χ1n) is 7.43. The number of aliphatic hydroxyl groups excluding tert-OH is 1. The van der Waals surface area contributed by atoms with Crippen LogP contribution in [0.1, 0.15) is 36.8 Å². The molecule has 0 radical (unpaired) electrons. The quantitative estimate of drug-likeness (QED) is 0.724. The zero-order valence-corrected chi connectivity index (χ0v) is 13.9. The molecule has 1 aromatic heterocycles. The van der Waals surface area contributed by atoms with Crippen LogP contribution in [0.2, 0.25) is 0 Å². The summed E-state index contributed by atoms with van der Waals surface area (Å²) in [6.45, 7) is 3.97. The number of anilines is 1. The van der Waals surface area contributed by atoms with Crippen molar-refractivity contribution in [1.82, 2.24) is 10.3 Å². The summed E-state index contributed by atoms with van der Waals surface area (Å²) in [4.78, 5) is 4.66. The van der Waals surface area contributed by atoms with Crippen molar-refractivity contribution in [2.45, 2.75) is 32.4 Å². The number of halogens is 2. The zero-order valence-electron chi connectivity index (χ0n) is 13.1. The molecule has 0 aliphatic heterocycles. The van der Waals surface area contributed by atoms with Crippen LogP contribution in [0.15, 0.2) is 24.4 Å². The summed E-state index contributed by atoms with van der Waals surface area (Å²) < 4.78 is 27.8. The second-order valence-electron chi connectivity index (χ2n) is 5.88. The maximum atomic E-state index is 14.2. The molecule has 1 heterocycles. The third kappa shape index (κ3) is 4.70. The Kier molecular flexibility index (Phi) is 6.04. The molecule has 7 heteroatoms. The topological polar surface area (TPSA) is 71.2 Å². The molecule has 1 unspecified atom stereocenters. The maximum Gasteiger partial charge on any atom is 0.180 e. The van der Waals surface area contributed by atoms with E-state index in [1.165, 1.54) is 11.3 Å². The number of nitrogens with one attached hydrogen (secondary N) is 1. The van der Waals surface area contributed by atoms with Gasteiger partial charge in [0.1, 0.15) is 11.6 Å². The van der Waals surface area contributed by atoms with E-state index in [2.05, 4.69) is 10.3 Å². The minimum atomic E-state index is -0.614. The average Bonchev–Trinajstić information content (AvgIpc) is 2.92. The lowest BCUT2D eigenvalue weighted by Gasteiger charge is -2.25. The smallest absolute Gasteiger partial charge is 0.180 e. The molecule has 1 aromatic carbocycles. The third-order valence-corrected chi connectivity index (χ3v) is 4.37. The van der Waals surface area contributed by atoms with Gasteiger partial charge in [-0.05, 0) is 30.5 Å². The Balaban J connectivity index is 2.37. The van der Waals surface area contributed by atoms with E-state index in [0.717, 1.165) is 18.2 Å². The lowest BCUT2D eigenvalue weighted by atomic mass is 10.00. The normalized spacial score (nSPS) is 14.2. The summed E-state index contributed by atoms with van der Waals surface area (Å²) in [6.07, 6.45) is 2.25. The van der Waals surface area contributed by atoms with Gasteiger partial charge in [-0.1, -0.05) is 13.8 Å². The monoisotopic (exact) mass is 341 g/mol. The number of hydrogen-bond acceptors (Lipinski definition) is 5. The van der Waals surface area contributed by atoms with Gasteiger partial charge in [-0.2, -0.15) is 0 Å². The summed E-state index contributed by atoms with van der Waals surface area (Å²) in [5.74, 6) is -0.684. The van der Waals surface area contributed by atoms with Gasteiger partial charge in [-0.3, -0.25) is 0 Å². The lowest BCUT2D eigenvalue weighted by Crippen LogP contribution is -2.37.